The summed E-state index contributed by atoms with van der Waals surface area (Å²) in [6.07, 6.45) is 65.4. The van der Waals surface area contributed by atoms with E-state index in [1.165, 1.54) is 180 Å². The Bertz CT molecular complexity index is 1360. The number of carbonyl (C=O) groups excluding carboxylic acids is 1. The van der Waals surface area contributed by atoms with Gasteiger partial charge in [0.15, 0.2) is 6.29 Å². The summed E-state index contributed by atoms with van der Waals surface area (Å²) in [5.41, 5.74) is 0. The Hall–Kier alpha value is -2.37. The summed E-state index contributed by atoms with van der Waals surface area (Å²) in [6, 6.07) is -0.826. The predicted octanol–water partition coefficient (Wildman–Crippen LogP) is 15.2. The maximum atomic E-state index is 13.1. The Morgan fingerprint density at radius 1 is 0.486 bits per heavy atom. The third-order valence-corrected chi connectivity index (χ3v) is 14.0. The lowest BCUT2D eigenvalue weighted by atomic mass is 9.99. The highest BCUT2D eigenvalue weighted by Crippen LogP contribution is 2.23. The van der Waals surface area contributed by atoms with Crippen LogP contribution in [-0.4, -0.2) is 87.5 Å². The summed E-state index contributed by atoms with van der Waals surface area (Å²) < 4.78 is 11.3. The van der Waals surface area contributed by atoms with Gasteiger partial charge in [0, 0.05) is 6.42 Å². The number of hydrogen-bond donors (Lipinski definition) is 6. The van der Waals surface area contributed by atoms with E-state index < -0.39 is 49.5 Å². The van der Waals surface area contributed by atoms with Gasteiger partial charge in [-0.25, -0.2) is 0 Å². The Labute approximate surface area is 442 Å². The Morgan fingerprint density at radius 2 is 0.875 bits per heavy atom. The fourth-order valence-electron chi connectivity index (χ4n) is 9.28. The zero-order valence-electron chi connectivity index (χ0n) is 46.4. The molecule has 0 aromatic rings. The third-order valence-electron chi connectivity index (χ3n) is 14.0. The number of unbranched alkanes of at least 4 members (excludes halogenated alkanes) is 31. The van der Waals surface area contributed by atoms with Crippen LogP contribution in [0.5, 0.6) is 0 Å². The lowest BCUT2D eigenvalue weighted by Gasteiger charge is -2.40. The Balaban J connectivity index is 2.22. The first-order valence-electron chi connectivity index (χ1n) is 30.2. The monoisotopic (exact) mass is 1010 g/mol. The van der Waals surface area contributed by atoms with Crippen LogP contribution in [0.4, 0.5) is 0 Å². The van der Waals surface area contributed by atoms with Crippen molar-refractivity contribution in [3.05, 3.63) is 72.9 Å². The van der Waals surface area contributed by atoms with Crippen molar-refractivity contribution >= 4 is 5.91 Å². The van der Waals surface area contributed by atoms with Gasteiger partial charge in [-0.2, -0.15) is 0 Å². The zero-order valence-corrected chi connectivity index (χ0v) is 46.4. The second kappa shape index (κ2) is 52.1. The first-order chi connectivity index (χ1) is 35.3. The number of amides is 1. The molecule has 1 rings (SSSR count). The Morgan fingerprint density at radius 3 is 1.33 bits per heavy atom. The molecule has 0 bridgehead atoms. The molecular formula is C63H113NO8. The maximum Gasteiger partial charge on any atom is 0.220 e. The highest BCUT2D eigenvalue weighted by molar-refractivity contribution is 5.76. The molecule has 9 heteroatoms. The first kappa shape index (κ1) is 67.6. The molecule has 7 atom stereocenters. The van der Waals surface area contributed by atoms with Crippen molar-refractivity contribution in [3.63, 3.8) is 0 Å². The van der Waals surface area contributed by atoms with Gasteiger partial charge in [-0.15, -0.1) is 0 Å². The van der Waals surface area contributed by atoms with E-state index >= 15 is 0 Å². The van der Waals surface area contributed by atoms with E-state index in [4.69, 9.17) is 9.47 Å². The van der Waals surface area contributed by atoms with Gasteiger partial charge in [-0.05, 0) is 70.6 Å². The van der Waals surface area contributed by atoms with E-state index in [0.717, 1.165) is 64.2 Å². The topological polar surface area (TPSA) is 149 Å². The molecule has 1 saturated heterocycles. The minimum atomic E-state index is -1.57. The molecule has 1 heterocycles. The quantitative estimate of drug-likeness (QED) is 0.0261. The number of rotatable bonds is 51. The largest absolute Gasteiger partial charge is 0.394 e. The molecule has 418 valence electrons. The van der Waals surface area contributed by atoms with Gasteiger partial charge in [-0.1, -0.05) is 260 Å². The smallest absolute Gasteiger partial charge is 0.220 e. The van der Waals surface area contributed by atoms with Crippen LogP contribution in [0.2, 0.25) is 0 Å². The standard InChI is InChI=1S/C63H113NO8/c1-3-5-7-9-11-13-15-17-19-21-23-25-27-28-29-30-31-33-35-37-39-41-43-45-47-49-51-53-59(67)64-56(55-71-63-62(70)61(69)60(68)58(54-65)72-63)57(66)52-50-48-46-44-42-40-38-36-34-32-26-24-22-20-18-16-14-12-10-8-6-4-2/h5,7,11,13,17,19,23,25,42,44,50,52,56-58,60-63,65-66,68-70H,3-4,6,8-10,12,14-16,18,20-22,24,26-41,43,45-49,51,53-55H2,1-2H3,(H,64,67)/b7-5-,13-11-,19-17-,25-23-,44-42+,52-50+. The number of carbonyl (C=O) groups is 1. The molecule has 0 aromatic carbocycles. The SMILES string of the molecule is CC/C=C\C/C=C\C/C=C\C/C=C\CCCCCCCCCCCCCCCCC(=O)NC(COC1OC(CO)C(O)C(O)C1O)C(O)/C=C/CC/C=C/CCCCCCCCCCCCCCCCCC. The summed E-state index contributed by atoms with van der Waals surface area (Å²) in [6.45, 7) is 3.67. The van der Waals surface area contributed by atoms with Crippen LogP contribution in [0.25, 0.3) is 0 Å². The molecule has 0 aromatic heterocycles. The van der Waals surface area contributed by atoms with Crippen molar-refractivity contribution in [2.24, 2.45) is 0 Å². The second-order valence-corrected chi connectivity index (χ2v) is 20.8. The second-order valence-electron chi connectivity index (χ2n) is 20.8. The number of ether oxygens (including phenoxy) is 2. The minimum Gasteiger partial charge on any atom is -0.394 e. The summed E-state index contributed by atoms with van der Waals surface area (Å²) >= 11 is 0. The number of aliphatic hydroxyl groups is 5. The molecule has 1 aliphatic rings. The van der Waals surface area contributed by atoms with Crippen LogP contribution >= 0.6 is 0 Å². The lowest BCUT2D eigenvalue weighted by Crippen LogP contribution is -2.60. The average Bonchev–Trinajstić information content (AvgIpc) is 3.38. The molecular weight excluding hydrogens is 899 g/mol. The number of hydrogen-bond acceptors (Lipinski definition) is 8. The van der Waals surface area contributed by atoms with Gasteiger partial charge in [0.1, 0.15) is 24.4 Å². The minimum absolute atomic E-state index is 0.187. The van der Waals surface area contributed by atoms with Crippen LogP contribution < -0.4 is 5.32 Å². The predicted molar refractivity (Wildman–Crippen MR) is 304 cm³/mol. The molecule has 0 spiro atoms. The van der Waals surface area contributed by atoms with E-state index in [9.17, 15) is 30.3 Å². The Kier molecular flexibility index (Phi) is 48.9. The normalized spacial score (nSPS) is 19.7. The number of allylic oxidation sites excluding steroid dienone is 11. The molecule has 0 aliphatic carbocycles. The summed E-state index contributed by atoms with van der Waals surface area (Å²) in [5, 5.41) is 54.6. The molecule has 9 nitrogen and oxygen atoms in total. The van der Waals surface area contributed by atoms with Gasteiger partial charge >= 0.3 is 0 Å². The van der Waals surface area contributed by atoms with E-state index in [1.54, 1.807) is 6.08 Å². The molecule has 7 unspecified atom stereocenters. The summed E-state index contributed by atoms with van der Waals surface area (Å²) in [4.78, 5) is 13.1. The third kappa shape index (κ3) is 40.9. The zero-order chi connectivity index (χ0) is 52.2. The van der Waals surface area contributed by atoms with Crippen LogP contribution in [0.1, 0.15) is 264 Å². The van der Waals surface area contributed by atoms with Gasteiger partial charge < -0.3 is 40.3 Å². The molecule has 72 heavy (non-hydrogen) atoms. The van der Waals surface area contributed by atoms with E-state index in [1.807, 2.05) is 6.08 Å². The van der Waals surface area contributed by atoms with Gasteiger partial charge in [0.05, 0.1) is 25.4 Å². The van der Waals surface area contributed by atoms with Crippen LogP contribution in [0.15, 0.2) is 72.9 Å². The molecule has 6 N–H and O–H groups in total. The van der Waals surface area contributed by atoms with E-state index in [0.29, 0.717) is 6.42 Å². The fourth-order valence-corrected chi connectivity index (χ4v) is 9.28. The number of aliphatic hydroxyl groups excluding tert-OH is 5. The maximum absolute atomic E-state index is 13.1. The molecule has 1 aliphatic heterocycles. The summed E-state index contributed by atoms with van der Waals surface area (Å²) in [7, 11) is 0. The van der Waals surface area contributed by atoms with E-state index in [-0.39, 0.29) is 12.5 Å². The van der Waals surface area contributed by atoms with Gasteiger partial charge in [0.2, 0.25) is 5.91 Å². The van der Waals surface area contributed by atoms with Crippen LogP contribution in [0.3, 0.4) is 0 Å². The van der Waals surface area contributed by atoms with Crippen molar-refractivity contribution in [1.29, 1.82) is 0 Å². The van der Waals surface area contributed by atoms with Crippen LogP contribution in [0, 0.1) is 0 Å². The lowest BCUT2D eigenvalue weighted by molar-refractivity contribution is -0.302. The first-order valence-corrected chi connectivity index (χ1v) is 30.2. The molecule has 1 amide bonds. The van der Waals surface area contributed by atoms with Crippen molar-refractivity contribution in [2.45, 2.75) is 307 Å². The highest BCUT2D eigenvalue weighted by Gasteiger charge is 2.44. The average molecular weight is 1010 g/mol. The number of nitrogens with one attached hydrogen (secondary N) is 1. The molecule has 0 saturated carbocycles. The van der Waals surface area contributed by atoms with Crippen molar-refractivity contribution in [1.82, 2.24) is 5.32 Å². The molecule has 1 fully saturated rings. The highest BCUT2D eigenvalue weighted by atomic mass is 16.7. The van der Waals surface area contributed by atoms with Gasteiger partial charge in [0.25, 0.3) is 0 Å². The van der Waals surface area contributed by atoms with Crippen LogP contribution in [-0.2, 0) is 14.3 Å². The van der Waals surface area contributed by atoms with Crippen molar-refractivity contribution in [2.75, 3.05) is 13.2 Å². The van der Waals surface area contributed by atoms with Gasteiger partial charge in [-0.3, -0.25) is 4.79 Å². The fraction of sp³-hybridized carbons (Fsp3) is 0.794. The van der Waals surface area contributed by atoms with Crippen molar-refractivity contribution < 1.29 is 39.8 Å². The molecule has 0 radical (unpaired) electrons. The van der Waals surface area contributed by atoms with Crippen molar-refractivity contribution in [3.8, 4) is 0 Å². The van der Waals surface area contributed by atoms with E-state index in [2.05, 4.69) is 79.9 Å². The summed E-state index contributed by atoms with van der Waals surface area (Å²) in [5.74, 6) is -0.187.